The van der Waals surface area contributed by atoms with Crippen molar-refractivity contribution < 1.29 is 19.1 Å². The van der Waals surface area contributed by atoms with Gasteiger partial charge >= 0.3 is 12.0 Å². The molecule has 0 saturated carbocycles. The van der Waals surface area contributed by atoms with E-state index in [4.69, 9.17) is 9.52 Å². The van der Waals surface area contributed by atoms with Crippen LogP contribution in [-0.4, -0.2) is 23.1 Å². The highest BCUT2D eigenvalue weighted by atomic mass is 16.4. The van der Waals surface area contributed by atoms with Gasteiger partial charge < -0.3 is 20.2 Å². The zero-order chi connectivity index (χ0) is 16.2. The fourth-order valence-corrected chi connectivity index (χ4v) is 2.22. The molecule has 0 aromatic carbocycles. The highest BCUT2D eigenvalue weighted by Crippen LogP contribution is 2.21. The maximum atomic E-state index is 12.0. The first kappa shape index (κ1) is 17.1. The van der Waals surface area contributed by atoms with E-state index in [9.17, 15) is 9.59 Å². The number of carbonyl (C=O) groups excluding carboxylic acids is 1. The molecule has 0 aliphatic heterocycles. The third-order valence-corrected chi connectivity index (χ3v) is 3.66. The Morgan fingerprint density at radius 2 is 1.90 bits per heavy atom. The van der Waals surface area contributed by atoms with Gasteiger partial charge in [0, 0.05) is 5.56 Å². The van der Waals surface area contributed by atoms with Gasteiger partial charge in [-0.3, -0.25) is 0 Å². The Bertz CT molecular complexity index is 510. The first-order chi connectivity index (χ1) is 9.76. The van der Waals surface area contributed by atoms with Crippen LogP contribution in [0.3, 0.4) is 0 Å². The third-order valence-electron chi connectivity index (χ3n) is 3.66. The van der Waals surface area contributed by atoms with Gasteiger partial charge in [-0.1, -0.05) is 20.3 Å². The third kappa shape index (κ3) is 4.51. The fourth-order valence-electron chi connectivity index (χ4n) is 2.22. The zero-order valence-electron chi connectivity index (χ0n) is 13.2. The molecule has 0 saturated heterocycles. The molecule has 3 N–H and O–H groups in total. The molecule has 6 heteroatoms. The number of carbonyl (C=O) groups is 2. The van der Waals surface area contributed by atoms with Gasteiger partial charge in [0.15, 0.2) is 0 Å². The minimum Gasteiger partial charge on any atom is -0.480 e. The lowest BCUT2D eigenvalue weighted by Gasteiger charge is -2.22. The van der Waals surface area contributed by atoms with Crippen molar-refractivity contribution in [1.82, 2.24) is 10.6 Å². The fraction of sp³-hybridized carbons (Fsp3) is 0.600. The Morgan fingerprint density at radius 1 is 1.29 bits per heavy atom. The monoisotopic (exact) mass is 296 g/mol. The van der Waals surface area contributed by atoms with E-state index in [1.807, 2.05) is 33.8 Å². The van der Waals surface area contributed by atoms with Crippen LogP contribution in [0.25, 0.3) is 0 Å². The van der Waals surface area contributed by atoms with Crippen molar-refractivity contribution in [2.45, 2.75) is 53.1 Å². The number of hydrogen-bond acceptors (Lipinski definition) is 3. The second kappa shape index (κ2) is 7.15. The summed E-state index contributed by atoms with van der Waals surface area (Å²) in [6.07, 6.45) is 0.673. The highest BCUT2D eigenvalue weighted by molar-refractivity contribution is 5.82. The van der Waals surface area contributed by atoms with E-state index in [-0.39, 0.29) is 12.0 Å². The Hall–Kier alpha value is -1.98. The summed E-state index contributed by atoms with van der Waals surface area (Å²) in [6, 6.07) is 0.223. The summed E-state index contributed by atoms with van der Waals surface area (Å²) in [4.78, 5) is 23.2. The van der Waals surface area contributed by atoms with Crippen LogP contribution in [0.15, 0.2) is 10.5 Å². The molecule has 1 aromatic heterocycles. The molecule has 1 heterocycles. The van der Waals surface area contributed by atoms with Gasteiger partial charge in [0.25, 0.3) is 0 Å². The van der Waals surface area contributed by atoms with Gasteiger partial charge in [-0.05, 0) is 32.8 Å². The highest BCUT2D eigenvalue weighted by Gasteiger charge is 2.26. The van der Waals surface area contributed by atoms with E-state index >= 15 is 0 Å². The number of amides is 2. The molecule has 3 unspecified atom stereocenters. The number of carboxylic acids is 1. The van der Waals surface area contributed by atoms with E-state index in [1.54, 1.807) is 6.92 Å². The Balaban J connectivity index is 2.68. The SMILES string of the molecule is CCC(C)C(NC(=O)NC(C)c1cc(C)oc1C)C(=O)O. The lowest BCUT2D eigenvalue weighted by atomic mass is 9.99. The Morgan fingerprint density at radius 3 is 2.33 bits per heavy atom. The van der Waals surface area contributed by atoms with Crippen molar-refractivity contribution in [3.63, 3.8) is 0 Å². The van der Waals surface area contributed by atoms with Crippen molar-refractivity contribution in [2.75, 3.05) is 0 Å². The topological polar surface area (TPSA) is 91.6 Å². The Kier molecular flexibility index (Phi) is 5.81. The van der Waals surface area contributed by atoms with Crippen molar-refractivity contribution in [1.29, 1.82) is 0 Å². The van der Waals surface area contributed by atoms with Crippen LogP contribution in [0, 0.1) is 19.8 Å². The van der Waals surface area contributed by atoms with Crippen molar-refractivity contribution in [3.05, 3.63) is 23.2 Å². The minimum absolute atomic E-state index is 0.138. The summed E-state index contributed by atoms with van der Waals surface area (Å²) in [7, 11) is 0. The molecule has 0 fully saturated rings. The summed E-state index contributed by atoms with van der Waals surface area (Å²) in [6.45, 7) is 9.19. The lowest BCUT2D eigenvalue weighted by Crippen LogP contribution is -2.49. The molecule has 0 aliphatic rings. The standard InChI is InChI=1S/C15H24N2O4/c1-6-8(2)13(14(18)19)17-15(20)16-10(4)12-7-9(3)21-11(12)5/h7-8,10,13H,6H2,1-5H3,(H,18,19)(H2,16,17,20). The molecule has 6 nitrogen and oxygen atoms in total. The summed E-state index contributed by atoms with van der Waals surface area (Å²) in [5.74, 6) is 0.362. The average molecular weight is 296 g/mol. The summed E-state index contributed by atoms with van der Waals surface area (Å²) in [5, 5.41) is 14.4. The summed E-state index contributed by atoms with van der Waals surface area (Å²) < 4.78 is 5.43. The molecular formula is C15H24N2O4. The largest absolute Gasteiger partial charge is 0.480 e. The van der Waals surface area contributed by atoms with Crippen molar-refractivity contribution in [2.24, 2.45) is 5.92 Å². The van der Waals surface area contributed by atoms with Crippen LogP contribution in [0.1, 0.15) is 50.3 Å². The molecule has 21 heavy (non-hydrogen) atoms. The van der Waals surface area contributed by atoms with Gasteiger partial charge in [0.05, 0.1) is 6.04 Å². The van der Waals surface area contributed by atoms with Crippen LogP contribution in [-0.2, 0) is 4.79 Å². The summed E-state index contributed by atoms with van der Waals surface area (Å²) in [5.41, 5.74) is 0.887. The molecule has 1 rings (SSSR count). The number of nitrogens with one attached hydrogen (secondary N) is 2. The van der Waals surface area contributed by atoms with Crippen LogP contribution >= 0.6 is 0 Å². The van der Waals surface area contributed by atoms with Gasteiger partial charge in [0.1, 0.15) is 17.6 Å². The normalized spacial score (nSPS) is 15.1. The van der Waals surface area contributed by atoms with Gasteiger partial charge in [-0.15, -0.1) is 0 Å². The van der Waals surface area contributed by atoms with E-state index in [2.05, 4.69) is 10.6 Å². The zero-order valence-corrected chi connectivity index (χ0v) is 13.2. The number of furan rings is 1. The maximum Gasteiger partial charge on any atom is 0.326 e. The average Bonchev–Trinajstić information content (AvgIpc) is 2.73. The molecule has 1 aromatic rings. The number of aryl methyl sites for hydroxylation is 2. The van der Waals surface area contributed by atoms with Crippen LogP contribution in [0.4, 0.5) is 4.79 Å². The van der Waals surface area contributed by atoms with Crippen LogP contribution < -0.4 is 10.6 Å². The lowest BCUT2D eigenvalue weighted by molar-refractivity contribution is -0.140. The molecule has 0 spiro atoms. The van der Waals surface area contributed by atoms with E-state index < -0.39 is 18.0 Å². The van der Waals surface area contributed by atoms with Gasteiger partial charge in [-0.2, -0.15) is 0 Å². The van der Waals surface area contributed by atoms with Gasteiger partial charge in [-0.25, -0.2) is 9.59 Å². The van der Waals surface area contributed by atoms with Crippen LogP contribution in [0.5, 0.6) is 0 Å². The number of hydrogen-bond donors (Lipinski definition) is 3. The molecule has 0 bridgehead atoms. The molecule has 3 atom stereocenters. The molecule has 0 radical (unpaired) electrons. The van der Waals surface area contributed by atoms with Gasteiger partial charge in [0.2, 0.25) is 0 Å². The predicted molar refractivity (Wildman–Crippen MR) is 79.1 cm³/mol. The van der Waals surface area contributed by atoms with E-state index in [1.165, 1.54) is 0 Å². The number of urea groups is 1. The predicted octanol–water partition coefficient (Wildman–Crippen LogP) is 2.76. The molecule has 0 aliphatic carbocycles. The van der Waals surface area contributed by atoms with E-state index in [0.717, 1.165) is 17.1 Å². The smallest absolute Gasteiger partial charge is 0.326 e. The van der Waals surface area contributed by atoms with Crippen molar-refractivity contribution in [3.8, 4) is 0 Å². The van der Waals surface area contributed by atoms with Crippen LogP contribution in [0.2, 0.25) is 0 Å². The first-order valence-electron chi connectivity index (χ1n) is 7.13. The maximum absolute atomic E-state index is 12.0. The van der Waals surface area contributed by atoms with E-state index in [0.29, 0.717) is 6.42 Å². The number of carboxylic acid groups (broad SMARTS) is 1. The Labute approximate surface area is 124 Å². The molecular weight excluding hydrogens is 272 g/mol. The quantitative estimate of drug-likeness (QED) is 0.752. The number of aliphatic carboxylic acids is 1. The second-order valence-corrected chi connectivity index (χ2v) is 5.41. The molecule has 118 valence electrons. The number of rotatable bonds is 6. The van der Waals surface area contributed by atoms with Crippen molar-refractivity contribution >= 4 is 12.0 Å². The minimum atomic E-state index is -1.03. The second-order valence-electron chi connectivity index (χ2n) is 5.41. The molecule has 2 amide bonds. The first-order valence-corrected chi connectivity index (χ1v) is 7.13. The summed E-state index contributed by atoms with van der Waals surface area (Å²) >= 11 is 0.